The lowest BCUT2D eigenvalue weighted by atomic mass is 10.0. The number of nitrogens with two attached hydrogens (primary N) is 1. The summed E-state index contributed by atoms with van der Waals surface area (Å²) in [6, 6.07) is 4.68. The average molecular weight is 257 g/mol. The second-order valence-corrected chi connectivity index (χ2v) is 3.88. The number of nitro benzene ring substituents is 1. The van der Waals surface area contributed by atoms with Gasteiger partial charge in [-0.15, -0.1) is 12.4 Å². The van der Waals surface area contributed by atoms with E-state index in [0.29, 0.717) is 12.0 Å². The first-order chi connectivity index (χ1) is 7.58. The molecule has 17 heavy (non-hydrogen) atoms. The predicted molar refractivity (Wildman–Crippen MR) is 67.5 cm³/mol. The van der Waals surface area contributed by atoms with Gasteiger partial charge >= 0.3 is 0 Å². The maximum Gasteiger partial charge on any atom is 0.270 e. The lowest BCUT2D eigenvalue weighted by molar-refractivity contribution is -0.384. The zero-order valence-electron chi connectivity index (χ0n) is 9.25. The number of nitro groups is 1. The second kappa shape index (κ2) is 5.16. The number of halogens is 1. The molecule has 0 aliphatic heterocycles. The van der Waals surface area contributed by atoms with Crippen molar-refractivity contribution in [2.75, 3.05) is 0 Å². The summed E-state index contributed by atoms with van der Waals surface area (Å²) in [7, 11) is 0. The van der Waals surface area contributed by atoms with Crippen molar-refractivity contribution in [1.29, 1.82) is 0 Å². The summed E-state index contributed by atoms with van der Waals surface area (Å²) in [5, 5.41) is 11.5. The van der Waals surface area contributed by atoms with Crippen molar-refractivity contribution in [1.82, 2.24) is 0 Å². The molecular formula is C11H13ClN2O3. The zero-order valence-corrected chi connectivity index (χ0v) is 10.1. The third-order valence-corrected chi connectivity index (χ3v) is 2.37. The molecule has 2 aromatic rings. The van der Waals surface area contributed by atoms with Crippen LogP contribution in [0, 0.1) is 10.1 Å². The third-order valence-electron chi connectivity index (χ3n) is 2.37. The molecule has 0 spiro atoms. The molecule has 5 nitrogen and oxygen atoms in total. The Morgan fingerprint density at radius 3 is 2.82 bits per heavy atom. The van der Waals surface area contributed by atoms with E-state index in [4.69, 9.17) is 10.2 Å². The van der Waals surface area contributed by atoms with E-state index >= 15 is 0 Å². The van der Waals surface area contributed by atoms with E-state index in [1.165, 1.54) is 18.4 Å². The molecule has 2 N–H and O–H groups in total. The molecule has 92 valence electrons. The molecule has 0 radical (unpaired) electrons. The summed E-state index contributed by atoms with van der Waals surface area (Å²) in [5.74, 6) is 0. The number of benzene rings is 1. The summed E-state index contributed by atoms with van der Waals surface area (Å²) in [6.07, 6.45) is 2.09. The van der Waals surface area contributed by atoms with E-state index < -0.39 is 4.92 Å². The summed E-state index contributed by atoms with van der Waals surface area (Å²) in [5.41, 5.74) is 7.24. The molecule has 0 bridgehead atoms. The smallest absolute Gasteiger partial charge is 0.270 e. The fraction of sp³-hybridized carbons (Fsp3) is 0.273. The van der Waals surface area contributed by atoms with Crippen LogP contribution in [0.5, 0.6) is 0 Å². The van der Waals surface area contributed by atoms with Gasteiger partial charge in [0.15, 0.2) is 0 Å². The summed E-state index contributed by atoms with van der Waals surface area (Å²) in [6.45, 7) is 1.85. The summed E-state index contributed by atoms with van der Waals surface area (Å²) < 4.78 is 5.31. The Hall–Kier alpha value is -1.59. The van der Waals surface area contributed by atoms with Gasteiger partial charge in [0.1, 0.15) is 5.58 Å². The molecule has 1 aromatic heterocycles. The lowest BCUT2D eigenvalue weighted by Gasteiger charge is -2.05. The van der Waals surface area contributed by atoms with Crippen LogP contribution in [-0.4, -0.2) is 11.0 Å². The van der Waals surface area contributed by atoms with Crippen molar-refractivity contribution in [3.8, 4) is 0 Å². The van der Waals surface area contributed by atoms with Crippen LogP contribution < -0.4 is 5.73 Å². The fourth-order valence-electron chi connectivity index (χ4n) is 1.74. The van der Waals surface area contributed by atoms with Gasteiger partial charge in [0.05, 0.1) is 11.2 Å². The SMILES string of the molecule is CC(N)Cc1cc([N+](=O)[O-])cc2ccoc12.Cl. The number of hydrogen-bond acceptors (Lipinski definition) is 4. The highest BCUT2D eigenvalue weighted by Crippen LogP contribution is 2.26. The molecule has 0 saturated heterocycles. The van der Waals surface area contributed by atoms with Crippen LogP contribution in [0.15, 0.2) is 28.9 Å². The fourth-order valence-corrected chi connectivity index (χ4v) is 1.74. The molecule has 0 aliphatic carbocycles. The molecule has 0 saturated carbocycles. The minimum absolute atomic E-state index is 0. The van der Waals surface area contributed by atoms with E-state index in [-0.39, 0.29) is 24.1 Å². The van der Waals surface area contributed by atoms with Crippen molar-refractivity contribution in [2.45, 2.75) is 19.4 Å². The largest absolute Gasteiger partial charge is 0.464 e. The van der Waals surface area contributed by atoms with Crippen molar-refractivity contribution in [3.05, 3.63) is 40.1 Å². The van der Waals surface area contributed by atoms with E-state index in [9.17, 15) is 10.1 Å². The number of hydrogen-bond donors (Lipinski definition) is 1. The predicted octanol–water partition coefficient (Wildman–Crippen LogP) is 2.65. The average Bonchev–Trinajstić information content (AvgIpc) is 2.64. The number of non-ortho nitro benzene ring substituents is 1. The van der Waals surface area contributed by atoms with E-state index in [2.05, 4.69) is 0 Å². The number of fused-ring (bicyclic) bond motifs is 1. The van der Waals surface area contributed by atoms with Crippen LogP contribution in [0.2, 0.25) is 0 Å². The molecule has 6 heteroatoms. The Bertz CT molecular complexity index is 536. The normalized spacial score (nSPS) is 12.1. The highest BCUT2D eigenvalue weighted by molar-refractivity contribution is 5.85. The zero-order chi connectivity index (χ0) is 11.7. The van der Waals surface area contributed by atoms with Crippen molar-refractivity contribution in [2.24, 2.45) is 5.73 Å². The van der Waals surface area contributed by atoms with E-state index in [1.54, 1.807) is 6.07 Å². The Labute approximate surface area is 104 Å². The first-order valence-electron chi connectivity index (χ1n) is 4.98. The molecule has 1 atom stereocenters. The van der Waals surface area contributed by atoms with Gasteiger partial charge in [0, 0.05) is 29.1 Å². The van der Waals surface area contributed by atoms with Gasteiger partial charge in [-0.3, -0.25) is 10.1 Å². The molecular weight excluding hydrogens is 244 g/mol. The van der Waals surface area contributed by atoms with Gasteiger partial charge in [0.25, 0.3) is 5.69 Å². The summed E-state index contributed by atoms with van der Waals surface area (Å²) in [4.78, 5) is 10.3. The molecule has 1 aromatic carbocycles. The van der Waals surface area contributed by atoms with Gasteiger partial charge < -0.3 is 10.2 Å². The van der Waals surface area contributed by atoms with Crippen LogP contribution in [0.25, 0.3) is 11.0 Å². The third kappa shape index (κ3) is 2.75. The van der Waals surface area contributed by atoms with Crippen molar-refractivity contribution < 1.29 is 9.34 Å². The maximum absolute atomic E-state index is 10.7. The molecule has 2 rings (SSSR count). The number of rotatable bonds is 3. The van der Waals surface area contributed by atoms with Gasteiger partial charge in [-0.25, -0.2) is 0 Å². The van der Waals surface area contributed by atoms with Crippen LogP contribution >= 0.6 is 12.4 Å². The minimum Gasteiger partial charge on any atom is -0.464 e. The highest BCUT2D eigenvalue weighted by atomic mass is 35.5. The Morgan fingerprint density at radius 1 is 1.53 bits per heavy atom. The quantitative estimate of drug-likeness (QED) is 0.676. The summed E-state index contributed by atoms with van der Waals surface area (Å²) >= 11 is 0. The monoisotopic (exact) mass is 256 g/mol. The number of nitrogens with zero attached hydrogens (tertiary/aromatic N) is 1. The van der Waals surface area contributed by atoms with Crippen LogP contribution in [-0.2, 0) is 6.42 Å². The van der Waals surface area contributed by atoms with Crippen LogP contribution in [0.4, 0.5) is 5.69 Å². The van der Waals surface area contributed by atoms with Crippen molar-refractivity contribution >= 4 is 29.1 Å². The standard InChI is InChI=1S/C11H12N2O3.ClH/c1-7(12)4-9-6-10(13(14)15)5-8-2-3-16-11(8)9;/h2-3,5-7H,4,12H2,1H3;1H. The van der Waals surface area contributed by atoms with Crippen LogP contribution in [0.1, 0.15) is 12.5 Å². The van der Waals surface area contributed by atoms with E-state index in [0.717, 1.165) is 10.9 Å². The topological polar surface area (TPSA) is 82.3 Å². The first kappa shape index (κ1) is 13.5. The van der Waals surface area contributed by atoms with Crippen molar-refractivity contribution in [3.63, 3.8) is 0 Å². The second-order valence-electron chi connectivity index (χ2n) is 3.88. The molecule has 0 fully saturated rings. The molecule has 1 unspecified atom stereocenters. The molecule has 0 aliphatic rings. The minimum atomic E-state index is -0.406. The van der Waals surface area contributed by atoms with E-state index in [1.807, 2.05) is 6.92 Å². The Balaban J connectivity index is 0.00000144. The van der Waals surface area contributed by atoms with Gasteiger partial charge in [-0.05, 0) is 19.4 Å². The first-order valence-corrected chi connectivity index (χ1v) is 4.98. The van der Waals surface area contributed by atoms with Gasteiger partial charge in [0.2, 0.25) is 0 Å². The lowest BCUT2D eigenvalue weighted by Crippen LogP contribution is -2.17. The number of furan rings is 1. The van der Waals surface area contributed by atoms with Gasteiger partial charge in [-0.2, -0.15) is 0 Å². The Morgan fingerprint density at radius 2 is 2.24 bits per heavy atom. The molecule has 0 amide bonds. The maximum atomic E-state index is 10.7. The van der Waals surface area contributed by atoms with Gasteiger partial charge in [-0.1, -0.05) is 0 Å². The molecule has 1 heterocycles. The van der Waals surface area contributed by atoms with Crippen LogP contribution in [0.3, 0.4) is 0 Å². The Kier molecular flexibility index (Phi) is 4.09. The highest BCUT2D eigenvalue weighted by Gasteiger charge is 2.14.